The molecule has 4 rings (SSSR count). The number of rotatable bonds is 5. The Labute approximate surface area is 163 Å². The molecule has 2 aliphatic rings. The van der Waals surface area contributed by atoms with E-state index in [1.54, 1.807) is 24.4 Å². The molecule has 1 fully saturated rings. The number of hydrogen-bond acceptors (Lipinski definition) is 6. The first-order chi connectivity index (χ1) is 13.6. The highest BCUT2D eigenvalue weighted by molar-refractivity contribution is 7.89. The van der Waals surface area contributed by atoms with Crippen LogP contribution in [0.15, 0.2) is 47.5 Å². The Morgan fingerprint density at radius 3 is 2.79 bits per heavy atom. The minimum absolute atomic E-state index is 0.0983. The number of hydrogen-bond donors (Lipinski definition) is 1. The highest BCUT2D eigenvalue weighted by Gasteiger charge is 2.39. The molecular weight excluding hydrogens is 382 g/mol. The fourth-order valence-electron chi connectivity index (χ4n) is 3.41. The quantitative estimate of drug-likeness (QED) is 0.809. The Balaban J connectivity index is 1.51. The molecule has 8 nitrogen and oxygen atoms in total. The number of carbonyl (C=O) groups is 1. The lowest BCUT2D eigenvalue weighted by Crippen LogP contribution is -2.45. The Morgan fingerprint density at radius 1 is 1.18 bits per heavy atom. The van der Waals surface area contributed by atoms with Gasteiger partial charge in [0.25, 0.3) is 0 Å². The maximum Gasteiger partial charge on any atom is 0.243 e. The number of pyridine rings is 1. The normalized spacial score (nSPS) is 19.4. The molecule has 0 radical (unpaired) electrons. The molecule has 1 N–H and O–H groups in total. The monoisotopic (exact) mass is 403 g/mol. The van der Waals surface area contributed by atoms with Gasteiger partial charge in [-0.2, -0.15) is 4.31 Å². The number of benzene rings is 1. The van der Waals surface area contributed by atoms with Crippen LogP contribution in [-0.2, 0) is 21.4 Å². The van der Waals surface area contributed by atoms with E-state index in [0.29, 0.717) is 44.1 Å². The summed E-state index contributed by atoms with van der Waals surface area (Å²) in [6.45, 7) is 1.37. The third kappa shape index (κ3) is 3.67. The minimum Gasteiger partial charge on any atom is -0.486 e. The van der Waals surface area contributed by atoms with Crippen LogP contribution in [0.1, 0.15) is 18.5 Å². The molecule has 1 atom stereocenters. The fraction of sp³-hybridized carbons (Fsp3) is 0.368. The molecule has 2 aliphatic heterocycles. The molecule has 3 heterocycles. The summed E-state index contributed by atoms with van der Waals surface area (Å²) < 4.78 is 38.5. The van der Waals surface area contributed by atoms with Gasteiger partial charge in [0, 0.05) is 18.8 Å². The molecule has 1 saturated heterocycles. The molecular formula is C19H21N3O5S. The van der Waals surface area contributed by atoms with E-state index in [1.165, 1.54) is 16.4 Å². The maximum atomic E-state index is 13.1. The molecule has 28 heavy (non-hydrogen) atoms. The van der Waals surface area contributed by atoms with Crippen LogP contribution in [0.4, 0.5) is 0 Å². The Kier molecular flexibility index (Phi) is 5.19. The number of ether oxygens (including phenoxy) is 2. The maximum absolute atomic E-state index is 13.1. The van der Waals surface area contributed by atoms with Crippen LogP contribution in [-0.4, -0.2) is 49.4 Å². The van der Waals surface area contributed by atoms with Crippen molar-refractivity contribution < 1.29 is 22.7 Å². The first-order valence-electron chi connectivity index (χ1n) is 9.15. The largest absolute Gasteiger partial charge is 0.486 e. The first-order valence-corrected chi connectivity index (χ1v) is 10.6. The number of nitrogens with one attached hydrogen (secondary N) is 1. The smallest absolute Gasteiger partial charge is 0.243 e. The van der Waals surface area contributed by atoms with Crippen LogP contribution in [0.5, 0.6) is 11.5 Å². The number of aromatic nitrogens is 1. The summed E-state index contributed by atoms with van der Waals surface area (Å²) in [5, 5.41) is 2.79. The van der Waals surface area contributed by atoms with Gasteiger partial charge in [-0.15, -0.1) is 0 Å². The van der Waals surface area contributed by atoms with E-state index >= 15 is 0 Å². The van der Waals surface area contributed by atoms with Crippen LogP contribution in [0.25, 0.3) is 0 Å². The van der Waals surface area contributed by atoms with Gasteiger partial charge in [-0.25, -0.2) is 8.42 Å². The van der Waals surface area contributed by atoms with Crippen molar-refractivity contribution in [1.82, 2.24) is 14.6 Å². The van der Waals surface area contributed by atoms with Gasteiger partial charge in [-0.1, -0.05) is 6.07 Å². The Morgan fingerprint density at radius 2 is 2.00 bits per heavy atom. The topological polar surface area (TPSA) is 97.8 Å². The van der Waals surface area contributed by atoms with Crippen molar-refractivity contribution in [2.24, 2.45) is 0 Å². The summed E-state index contributed by atoms with van der Waals surface area (Å²) in [7, 11) is -3.83. The van der Waals surface area contributed by atoms with Crippen molar-refractivity contribution in [2.75, 3.05) is 19.8 Å². The molecule has 1 amide bonds. The molecule has 0 spiro atoms. The summed E-state index contributed by atoms with van der Waals surface area (Å²) >= 11 is 0. The van der Waals surface area contributed by atoms with Gasteiger partial charge < -0.3 is 14.8 Å². The molecule has 0 aliphatic carbocycles. The second-order valence-corrected chi connectivity index (χ2v) is 8.51. The van der Waals surface area contributed by atoms with Gasteiger partial charge in [0.1, 0.15) is 19.3 Å². The predicted molar refractivity (Wildman–Crippen MR) is 100 cm³/mol. The number of nitrogens with zero attached hydrogens (tertiary/aromatic N) is 2. The summed E-state index contributed by atoms with van der Waals surface area (Å²) in [5.74, 6) is 0.614. The van der Waals surface area contributed by atoms with E-state index in [1.807, 2.05) is 6.07 Å². The number of sulfonamides is 1. The summed E-state index contributed by atoms with van der Waals surface area (Å²) in [6.07, 6.45) is 2.76. The second-order valence-electron chi connectivity index (χ2n) is 6.62. The molecule has 0 bridgehead atoms. The minimum atomic E-state index is -3.83. The van der Waals surface area contributed by atoms with Gasteiger partial charge >= 0.3 is 0 Å². The van der Waals surface area contributed by atoms with Crippen molar-refractivity contribution >= 4 is 15.9 Å². The molecule has 1 aromatic carbocycles. The van der Waals surface area contributed by atoms with Crippen molar-refractivity contribution in [3.05, 3.63) is 48.3 Å². The zero-order valence-electron chi connectivity index (χ0n) is 15.2. The highest BCUT2D eigenvalue weighted by Crippen LogP contribution is 2.34. The average Bonchev–Trinajstić information content (AvgIpc) is 3.23. The standard InChI is InChI=1S/C19H21N3O5S/c23-19(21-13-14-4-1-2-8-20-14)16-5-3-9-22(16)28(24,25)15-6-7-17-18(12-15)27-11-10-26-17/h1-2,4,6-8,12,16H,3,5,9-11,13H2,(H,21,23). The van der Waals surface area contributed by atoms with E-state index in [2.05, 4.69) is 10.3 Å². The summed E-state index contributed by atoms with van der Waals surface area (Å²) in [4.78, 5) is 16.9. The lowest BCUT2D eigenvalue weighted by atomic mass is 10.2. The van der Waals surface area contributed by atoms with Gasteiger partial charge in [-0.05, 0) is 37.1 Å². The lowest BCUT2D eigenvalue weighted by molar-refractivity contribution is -0.124. The SMILES string of the molecule is O=C(NCc1ccccn1)C1CCCN1S(=O)(=O)c1ccc2c(c1)OCCO2. The van der Waals surface area contributed by atoms with E-state index in [-0.39, 0.29) is 17.3 Å². The number of fused-ring (bicyclic) bond motifs is 1. The zero-order chi connectivity index (χ0) is 19.6. The number of amides is 1. The van der Waals surface area contributed by atoms with Gasteiger partial charge in [0.15, 0.2) is 11.5 Å². The van der Waals surface area contributed by atoms with Gasteiger partial charge in [0.05, 0.1) is 17.1 Å². The summed E-state index contributed by atoms with van der Waals surface area (Å²) in [5.41, 5.74) is 0.718. The van der Waals surface area contributed by atoms with Crippen LogP contribution in [0, 0.1) is 0 Å². The molecule has 1 unspecified atom stereocenters. The number of carbonyl (C=O) groups excluding carboxylic acids is 1. The lowest BCUT2D eigenvalue weighted by Gasteiger charge is -2.24. The zero-order valence-corrected chi connectivity index (χ0v) is 16.0. The van der Waals surface area contributed by atoms with E-state index in [4.69, 9.17) is 9.47 Å². The first kappa shape index (κ1) is 18.7. The average molecular weight is 403 g/mol. The predicted octanol–water partition coefficient (Wildman–Crippen LogP) is 1.32. The molecule has 9 heteroatoms. The molecule has 1 aromatic heterocycles. The van der Waals surface area contributed by atoms with Crippen molar-refractivity contribution in [3.8, 4) is 11.5 Å². The van der Waals surface area contributed by atoms with Crippen molar-refractivity contribution in [3.63, 3.8) is 0 Å². The molecule has 0 saturated carbocycles. The van der Waals surface area contributed by atoms with E-state index in [0.717, 1.165) is 5.69 Å². The second kappa shape index (κ2) is 7.76. The Hall–Kier alpha value is -2.65. The third-order valence-electron chi connectivity index (χ3n) is 4.80. The van der Waals surface area contributed by atoms with Crippen LogP contribution in [0.3, 0.4) is 0 Å². The fourth-order valence-corrected chi connectivity index (χ4v) is 5.08. The molecule has 148 valence electrons. The van der Waals surface area contributed by atoms with Gasteiger partial charge in [-0.3, -0.25) is 9.78 Å². The van der Waals surface area contributed by atoms with E-state index < -0.39 is 16.1 Å². The van der Waals surface area contributed by atoms with Crippen molar-refractivity contribution in [1.29, 1.82) is 0 Å². The summed E-state index contributed by atoms with van der Waals surface area (Å²) in [6, 6.07) is 9.25. The van der Waals surface area contributed by atoms with E-state index in [9.17, 15) is 13.2 Å². The molecule has 2 aromatic rings. The highest BCUT2D eigenvalue weighted by atomic mass is 32.2. The third-order valence-corrected chi connectivity index (χ3v) is 6.70. The van der Waals surface area contributed by atoms with Gasteiger partial charge in [0.2, 0.25) is 15.9 Å². The van der Waals surface area contributed by atoms with Crippen LogP contribution < -0.4 is 14.8 Å². The van der Waals surface area contributed by atoms with Crippen molar-refractivity contribution in [2.45, 2.75) is 30.3 Å². The Bertz CT molecular complexity index is 965. The van der Waals surface area contributed by atoms with Crippen LogP contribution >= 0.6 is 0 Å². The van der Waals surface area contributed by atoms with Crippen LogP contribution in [0.2, 0.25) is 0 Å².